The molecule has 1 fully saturated rings. The van der Waals surface area contributed by atoms with E-state index in [4.69, 9.17) is 21.1 Å². The van der Waals surface area contributed by atoms with E-state index in [9.17, 15) is 29.1 Å². The summed E-state index contributed by atoms with van der Waals surface area (Å²) < 4.78 is 10.2. The van der Waals surface area contributed by atoms with Gasteiger partial charge < -0.3 is 35.4 Å². The number of phenolic OH excluding ortho intramolecular Hbond substituents is 1. The molecule has 0 spiro atoms. The van der Waals surface area contributed by atoms with Gasteiger partial charge in [-0.05, 0) is 69.5 Å². The zero-order chi connectivity index (χ0) is 31.7. The van der Waals surface area contributed by atoms with Crippen LogP contribution in [0.1, 0.15) is 59.9 Å². The van der Waals surface area contributed by atoms with Crippen molar-refractivity contribution < 1.29 is 38.6 Å². The predicted molar refractivity (Wildman–Crippen MR) is 158 cm³/mol. The van der Waals surface area contributed by atoms with E-state index in [0.717, 1.165) is 7.11 Å². The van der Waals surface area contributed by atoms with E-state index in [1.807, 2.05) is 0 Å². The molecule has 4 amide bonds. The van der Waals surface area contributed by atoms with Gasteiger partial charge >= 0.3 is 12.1 Å². The van der Waals surface area contributed by atoms with Crippen LogP contribution in [0.5, 0.6) is 5.75 Å². The lowest BCUT2D eigenvalue weighted by atomic mass is 9.96. The van der Waals surface area contributed by atoms with Crippen molar-refractivity contribution in [2.24, 2.45) is 5.92 Å². The number of methoxy groups -OCH3 is 1. The second-order valence-electron chi connectivity index (χ2n) is 11.1. The van der Waals surface area contributed by atoms with E-state index in [1.54, 1.807) is 37.8 Å². The molecule has 3 rings (SSSR count). The number of hydrogen-bond donors (Lipinski definition) is 4. The third kappa shape index (κ3) is 9.88. The Bertz CT molecular complexity index is 1350. The van der Waals surface area contributed by atoms with Crippen LogP contribution in [0.4, 0.5) is 4.79 Å². The average molecular weight is 617 g/mol. The Morgan fingerprint density at radius 2 is 1.72 bits per heavy atom. The molecule has 0 radical (unpaired) electrons. The van der Waals surface area contributed by atoms with Gasteiger partial charge in [0, 0.05) is 37.7 Å². The van der Waals surface area contributed by atoms with Crippen LogP contribution in [0.2, 0.25) is 5.02 Å². The van der Waals surface area contributed by atoms with Crippen molar-refractivity contribution in [1.29, 1.82) is 0 Å². The summed E-state index contributed by atoms with van der Waals surface area (Å²) in [6, 6.07) is 9.34. The number of esters is 1. The van der Waals surface area contributed by atoms with Gasteiger partial charge in [0.2, 0.25) is 5.91 Å². The van der Waals surface area contributed by atoms with Gasteiger partial charge in [-0.1, -0.05) is 23.7 Å². The number of nitrogens with one attached hydrogen (secondary N) is 3. The summed E-state index contributed by atoms with van der Waals surface area (Å²) in [6.45, 7) is 6.00. The van der Waals surface area contributed by atoms with Gasteiger partial charge in [0.05, 0.1) is 17.7 Å². The number of carbonyl (C=O) groups excluding carboxylic acids is 5. The first-order valence-corrected chi connectivity index (χ1v) is 14.1. The quantitative estimate of drug-likeness (QED) is 0.312. The molecular weight excluding hydrogens is 580 g/mol. The highest BCUT2D eigenvalue weighted by Gasteiger charge is 2.31. The Kier molecular flexibility index (Phi) is 11.4. The molecule has 1 atom stereocenters. The molecule has 1 heterocycles. The van der Waals surface area contributed by atoms with E-state index < -0.39 is 35.5 Å². The van der Waals surface area contributed by atoms with Crippen LogP contribution in [0, 0.1) is 5.92 Å². The molecule has 2 aromatic carbocycles. The Hall–Kier alpha value is -4.32. The molecule has 232 valence electrons. The first kappa shape index (κ1) is 33.2. The molecule has 12 nitrogen and oxygen atoms in total. The Labute approximate surface area is 255 Å². The number of carbonyl (C=O) groups is 5. The number of aromatic hydroxyl groups is 1. The molecule has 1 aliphatic rings. The first-order valence-electron chi connectivity index (χ1n) is 13.8. The first-order chi connectivity index (χ1) is 20.3. The third-order valence-electron chi connectivity index (χ3n) is 6.63. The summed E-state index contributed by atoms with van der Waals surface area (Å²) in [5.41, 5.74) is 0.300. The molecule has 43 heavy (non-hydrogen) atoms. The zero-order valence-corrected chi connectivity index (χ0v) is 25.3. The van der Waals surface area contributed by atoms with Crippen LogP contribution in [0.3, 0.4) is 0 Å². The van der Waals surface area contributed by atoms with E-state index in [-0.39, 0.29) is 46.8 Å². The van der Waals surface area contributed by atoms with Crippen molar-refractivity contribution in [2.45, 2.75) is 51.8 Å². The highest BCUT2D eigenvalue weighted by Crippen LogP contribution is 2.21. The summed E-state index contributed by atoms with van der Waals surface area (Å²) >= 11 is 6.30. The van der Waals surface area contributed by atoms with Crippen molar-refractivity contribution in [3.05, 3.63) is 64.2 Å². The summed E-state index contributed by atoms with van der Waals surface area (Å²) in [4.78, 5) is 64.6. The minimum Gasteiger partial charge on any atom is -0.508 e. The maximum Gasteiger partial charge on any atom is 0.410 e. The second kappa shape index (κ2) is 14.7. The van der Waals surface area contributed by atoms with E-state index in [2.05, 4.69) is 16.0 Å². The van der Waals surface area contributed by atoms with Gasteiger partial charge in [-0.2, -0.15) is 0 Å². The van der Waals surface area contributed by atoms with Crippen LogP contribution in [0.15, 0.2) is 42.5 Å². The smallest absolute Gasteiger partial charge is 0.410 e. The summed E-state index contributed by atoms with van der Waals surface area (Å²) in [6.07, 6.45) is 0.411. The highest BCUT2D eigenvalue weighted by atomic mass is 35.5. The van der Waals surface area contributed by atoms with Crippen LogP contribution in [0.25, 0.3) is 0 Å². The lowest BCUT2D eigenvalue weighted by molar-refractivity contribution is -0.142. The molecule has 4 N–H and O–H groups in total. The maximum absolute atomic E-state index is 13.0. The number of likely N-dealkylation sites (tertiary alicyclic amines) is 1. The second-order valence-corrected chi connectivity index (χ2v) is 11.5. The lowest BCUT2D eigenvalue weighted by Crippen LogP contribution is -2.51. The van der Waals surface area contributed by atoms with Gasteiger partial charge in [-0.25, -0.2) is 9.59 Å². The van der Waals surface area contributed by atoms with Crippen molar-refractivity contribution in [2.75, 3.05) is 26.7 Å². The third-order valence-corrected chi connectivity index (χ3v) is 6.94. The fourth-order valence-corrected chi connectivity index (χ4v) is 4.63. The molecule has 0 saturated carbocycles. The van der Waals surface area contributed by atoms with Crippen molar-refractivity contribution in [3.63, 3.8) is 0 Å². The Morgan fingerprint density at radius 1 is 1.02 bits per heavy atom. The molecule has 1 saturated heterocycles. The Morgan fingerprint density at radius 3 is 2.33 bits per heavy atom. The van der Waals surface area contributed by atoms with Crippen LogP contribution < -0.4 is 16.0 Å². The number of piperidine rings is 1. The molecule has 0 bridgehead atoms. The number of nitrogens with zero attached hydrogens (tertiary/aromatic N) is 1. The average Bonchev–Trinajstić information content (AvgIpc) is 2.96. The Balaban J connectivity index is 1.54. The van der Waals surface area contributed by atoms with Crippen LogP contribution in [-0.4, -0.2) is 78.2 Å². The van der Waals surface area contributed by atoms with Crippen molar-refractivity contribution in [3.8, 4) is 5.75 Å². The van der Waals surface area contributed by atoms with Gasteiger partial charge in [-0.15, -0.1) is 0 Å². The van der Waals surface area contributed by atoms with Crippen LogP contribution in [-0.2, 0) is 25.6 Å². The molecular formula is C30H37ClN4O8. The monoisotopic (exact) mass is 616 g/mol. The van der Waals surface area contributed by atoms with E-state index >= 15 is 0 Å². The minimum absolute atomic E-state index is 0.0148. The molecule has 1 aliphatic heterocycles. The number of rotatable bonds is 9. The maximum atomic E-state index is 13.0. The van der Waals surface area contributed by atoms with E-state index in [1.165, 1.54) is 30.3 Å². The SMILES string of the molecule is COC(=O)C(CNC(=O)C1CCN(C(=O)OC(C)(C)C)CC1)NC(=O)c1ccc(C(=O)NCc2cccc(O)c2)cc1Cl. The molecule has 1 unspecified atom stereocenters. The van der Waals surface area contributed by atoms with Gasteiger partial charge in [0.1, 0.15) is 17.4 Å². The number of ether oxygens (including phenoxy) is 2. The predicted octanol–water partition coefficient (Wildman–Crippen LogP) is 3.01. The summed E-state index contributed by atoms with van der Waals surface area (Å²) in [5, 5.41) is 17.5. The topological polar surface area (TPSA) is 163 Å². The lowest BCUT2D eigenvalue weighted by Gasteiger charge is -2.33. The fourth-order valence-electron chi connectivity index (χ4n) is 4.36. The number of phenols is 1. The van der Waals surface area contributed by atoms with E-state index in [0.29, 0.717) is 31.5 Å². The number of hydrogen-bond acceptors (Lipinski definition) is 8. The normalized spacial score (nSPS) is 14.3. The zero-order valence-electron chi connectivity index (χ0n) is 24.6. The molecule has 13 heteroatoms. The number of benzene rings is 2. The van der Waals surface area contributed by atoms with Crippen molar-refractivity contribution >= 4 is 41.4 Å². The molecule has 2 aromatic rings. The largest absolute Gasteiger partial charge is 0.508 e. The van der Waals surface area contributed by atoms with Crippen LogP contribution >= 0.6 is 11.6 Å². The fraction of sp³-hybridized carbons (Fsp3) is 0.433. The molecule has 0 aliphatic carbocycles. The van der Waals surface area contributed by atoms with Gasteiger partial charge in [0.25, 0.3) is 11.8 Å². The molecule has 0 aromatic heterocycles. The summed E-state index contributed by atoms with van der Waals surface area (Å²) in [7, 11) is 1.16. The highest BCUT2D eigenvalue weighted by molar-refractivity contribution is 6.34. The number of amides is 4. The summed E-state index contributed by atoms with van der Waals surface area (Å²) in [5.74, 6) is -2.53. The minimum atomic E-state index is -1.20. The van der Waals surface area contributed by atoms with Crippen molar-refractivity contribution in [1.82, 2.24) is 20.9 Å². The number of halogens is 1. The van der Waals surface area contributed by atoms with Gasteiger partial charge in [0.15, 0.2) is 0 Å². The standard InChI is InChI=1S/C30H37ClN4O8/c1-30(2,3)43-29(41)35-12-10-19(11-13-35)25(37)33-17-24(28(40)42-4)34-27(39)22-9-8-20(15-23(22)31)26(38)32-16-18-6-5-7-21(36)14-18/h5-9,14-15,19,24,36H,10-13,16-17H2,1-4H3,(H,32,38)(H,33,37)(H,34,39). The van der Waals surface area contributed by atoms with Gasteiger partial charge in [-0.3, -0.25) is 14.4 Å².